The number of para-hydroxylation sites is 2. The number of carbonyl (C=O) groups excluding carboxylic acids is 2. The summed E-state index contributed by atoms with van der Waals surface area (Å²) in [6, 6.07) is 14.1. The monoisotopic (exact) mass is 374 g/mol. The molecule has 0 aliphatic rings. The number of ether oxygens (including phenoxy) is 2. The second-order valence-corrected chi connectivity index (χ2v) is 6.61. The molecule has 0 heterocycles. The maximum atomic E-state index is 12.1. The Kier molecular flexibility index (Phi) is 7.35. The third-order valence-electron chi connectivity index (χ3n) is 3.56. The normalized spacial score (nSPS) is 11.3. The van der Waals surface area contributed by atoms with Crippen molar-refractivity contribution in [3.8, 4) is 11.5 Å². The standard InChI is InChI=1S/C19H22N2O4S/c1-13(26-3)19(23)21-15-8-6-7-14(11-15)20-18(22)12-25-17-10-5-4-9-16(17)24-2/h4-11,13H,12H2,1-3H3,(H,20,22)(H,21,23). The van der Waals surface area contributed by atoms with Crippen LogP contribution in [0.2, 0.25) is 0 Å². The largest absolute Gasteiger partial charge is 0.493 e. The first-order valence-corrected chi connectivity index (χ1v) is 9.31. The number of carbonyl (C=O) groups is 2. The van der Waals surface area contributed by atoms with E-state index in [2.05, 4.69) is 10.6 Å². The van der Waals surface area contributed by atoms with Gasteiger partial charge in [0.15, 0.2) is 18.1 Å². The van der Waals surface area contributed by atoms with Gasteiger partial charge in [-0.3, -0.25) is 9.59 Å². The highest BCUT2D eigenvalue weighted by molar-refractivity contribution is 7.99. The fourth-order valence-electron chi connectivity index (χ4n) is 2.10. The highest BCUT2D eigenvalue weighted by Gasteiger charge is 2.12. The van der Waals surface area contributed by atoms with Crippen LogP contribution in [-0.4, -0.2) is 37.0 Å². The highest BCUT2D eigenvalue weighted by Crippen LogP contribution is 2.25. The van der Waals surface area contributed by atoms with Crippen molar-refractivity contribution in [2.45, 2.75) is 12.2 Å². The van der Waals surface area contributed by atoms with E-state index in [1.54, 1.807) is 49.6 Å². The molecule has 0 radical (unpaired) electrons. The lowest BCUT2D eigenvalue weighted by Crippen LogP contribution is -2.22. The van der Waals surface area contributed by atoms with Gasteiger partial charge in [-0.15, -0.1) is 0 Å². The van der Waals surface area contributed by atoms with Crippen molar-refractivity contribution in [3.63, 3.8) is 0 Å². The maximum absolute atomic E-state index is 12.1. The van der Waals surface area contributed by atoms with Gasteiger partial charge in [0, 0.05) is 11.4 Å². The van der Waals surface area contributed by atoms with Gasteiger partial charge in [-0.25, -0.2) is 0 Å². The molecule has 0 aliphatic carbocycles. The van der Waals surface area contributed by atoms with E-state index >= 15 is 0 Å². The van der Waals surface area contributed by atoms with Crippen LogP contribution in [0.15, 0.2) is 48.5 Å². The van der Waals surface area contributed by atoms with Crippen LogP contribution in [0.4, 0.5) is 11.4 Å². The quantitative estimate of drug-likeness (QED) is 0.741. The predicted molar refractivity (Wildman–Crippen MR) is 105 cm³/mol. The first kappa shape index (κ1) is 19.7. The van der Waals surface area contributed by atoms with Crippen molar-refractivity contribution in [3.05, 3.63) is 48.5 Å². The van der Waals surface area contributed by atoms with Gasteiger partial charge < -0.3 is 20.1 Å². The van der Waals surface area contributed by atoms with Crippen LogP contribution in [0.3, 0.4) is 0 Å². The number of amides is 2. The molecule has 2 aromatic rings. The van der Waals surface area contributed by atoms with Crippen LogP contribution >= 0.6 is 11.8 Å². The summed E-state index contributed by atoms with van der Waals surface area (Å²) < 4.78 is 10.7. The average Bonchev–Trinajstić information content (AvgIpc) is 2.66. The molecule has 0 saturated heterocycles. The second kappa shape index (κ2) is 9.72. The molecule has 2 amide bonds. The molecule has 0 saturated carbocycles. The molecule has 0 bridgehead atoms. The van der Waals surface area contributed by atoms with Crippen LogP contribution in [0.5, 0.6) is 11.5 Å². The summed E-state index contributed by atoms with van der Waals surface area (Å²) in [5.74, 6) is 0.669. The van der Waals surface area contributed by atoms with Crippen molar-refractivity contribution < 1.29 is 19.1 Å². The fraction of sp³-hybridized carbons (Fsp3) is 0.263. The summed E-state index contributed by atoms with van der Waals surface area (Å²) in [5.41, 5.74) is 1.20. The Hall–Kier alpha value is -2.67. The first-order valence-electron chi connectivity index (χ1n) is 8.03. The van der Waals surface area contributed by atoms with Gasteiger partial charge in [0.2, 0.25) is 5.91 Å². The highest BCUT2D eigenvalue weighted by atomic mass is 32.2. The molecule has 0 aliphatic heterocycles. The summed E-state index contributed by atoms with van der Waals surface area (Å²) >= 11 is 1.47. The molecule has 138 valence electrons. The summed E-state index contributed by atoms with van der Waals surface area (Å²) in [6.07, 6.45) is 1.88. The van der Waals surface area contributed by atoms with Crippen LogP contribution in [0.25, 0.3) is 0 Å². The number of hydrogen-bond acceptors (Lipinski definition) is 5. The molecule has 1 atom stereocenters. The van der Waals surface area contributed by atoms with Crippen LogP contribution in [0.1, 0.15) is 6.92 Å². The van der Waals surface area contributed by atoms with E-state index < -0.39 is 0 Å². The van der Waals surface area contributed by atoms with Gasteiger partial charge in [-0.2, -0.15) is 11.8 Å². The van der Waals surface area contributed by atoms with E-state index in [4.69, 9.17) is 9.47 Å². The summed E-state index contributed by atoms with van der Waals surface area (Å²) in [6.45, 7) is 1.68. The van der Waals surface area contributed by atoms with Gasteiger partial charge >= 0.3 is 0 Å². The molecule has 1 unspecified atom stereocenters. The maximum Gasteiger partial charge on any atom is 0.262 e. The zero-order chi connectivity index (χ0) is 18.9. The molecular weight excluding hydrogens is 352 g/mol. The first-order chi connectivity index (χ1) is 12.5. The average molecular weight is 374 g/mol. The molecule has 0 aromatic heterocycles. The topological polar surface area (TPSA) is 76.7 Å². The number of thioether (sulfide) groups is 1. The van der Waals surface area contributed by atoms with E-state index in [-0.39, 0.29) is 23.7 Å². The number of rotatable bonds is 8. The minimum atomic E-state index is -0.308. The van der Waals surface area contributed by atoms with E-state index in [0.717, 1.165) is 0 Å². The third-order valence-corrected chi connectivity index (χ3v) is 4.49. The zero-order valence-corrected chi connectivity index (χ0v) is 15.8. The smallest absolute Gasteiger partial charge is 0.262 e. The Morgan fingerprint density at radius 3 is 2.35 bits per heavy atom. The van der Waals surface area contributed by atoms with Gasteiger partial charge in [-0.1, -0.05) is 18.2 Å². The molecule has 2 aromatic carbocycles. The lowest BCUT2D eigenvalue weighted by atomic mass is 10.2. The fourth-order valence-corrected chi connectivity index (χ4v) is 2.38. The Morgan fingerprint density at radius 2 is 1.69 bits per heavy atom. The number of benzene rings is 2. The summed E-state index contributed by atoms with van der Waals surface area (Å²) in [7, 11) is 1.54. The Balaban J connectivity index is 1.92. The lowest BCUT2D eigenvalue weighted by molar-refractivity contribution is -0.118. The van der Waals surface area contributed by atoms with E-state index in [1.807, 2.05) is 19.2 Å². The van der Waals surface area contributed by atoms with Gasteiger partial charge in [0.25, 0.3) is 5.91 Å². The van der Waals surface area contributed by atoms with Gasteiger partial charge in [-0.05, 0) is 43.5 Å². The van der Waals surface area contributed by atoms with E-state index in [1.165, 1.54) is 11.8 Å². The number of hydrogen-bond donors (Lipinski definition) is 2. The molecule has 0 spiro atoms. The van der Waals surface area contributed by atoms with Gasteiger partial charge in [0.1, 0.15) is 0 Å². The zero-order valence-electron chi connectivity index (χ0n) is 14.9. The van der Waals surface area contributed by atoms with Crippen molar-refractivity contribution in [1.29, 1.82) is 0 Å². The molecular formula is C19H22N2O4S. The van der Waals surface area contributed by atoms with Crippen molar-refractivity contribution in [1.82, 2.24) is 0 Å². The van der Waals surface area contributed by atoms with Gasteiger partial charge in [0.05, 0.1) is 12.4 Å². The molecule has 0 fully saturated rings. The molecule has 2 rings (SSSR count). The van der Waals surface area contributed by atoms with Crippen LogP contribution < -0.4 is 20.1 Å². The summed E-state index contributed by atoms with van der Waals surface area (Å²) in [4.78, 5) is 24.1. The second-order valence-electron chi connectivity index (χ2n) is 5.44. The Bertz CT molecular complexity index is 767. The van der Waals surface area contributed by atoms with Crippen LogP contribution in [0, 0.1) is 0 Å². The minimum absolute atomic E-state index is 0.0829. The molecule has 7 heteroatoms. The Morgan fingerprint density at radius 1 is 1.04 bits per heavy atom. The van der Waals surface area contributed by atoms with Crippen LogP contribution in [-0.2, 0) is 9.59 Å². The van der Waals surface area contributed by atoms with E-state index in [0.29, 0.717) is 22.9 Å². The van der Waals surface area contributed by atoms with Crippen molar-refractivity contribution >= 4 is 35.0 Å². The lowest BCUT2D eigenvalue weighted by Gasteiger charge is -2.12. The predicted octanol–water partition coefficient (Wildman–Crippen LogP) is 3.40. The number of methoxy groups -OCH3 is 1. The number of anilines is 2. The Labute approximate surface area is 157 Å². The molecule has 6 nitrogen and oxygen atoms in total. The van der Waals surface area contributed by atoms with E-state index in [9.17, 15) is 9.59 Å². The van der Waals surface area contributed by atoms with Crippen molar-refractivity contribution in [2.24, 2.45) is 0 Å². The minimum Gasteiger partial charge on any atom is -0.493 e. The third kappa shape index (κ3) is 5.70. The summed E-state index contributed by atoms with van der Waals surface area (Å²) in [5, 5.41) is 5.42. The molecule has 2 N–H and O–H groups in total. The SMILES string of the molecule is COc1ccccc1OCC(=O)Nc1cccc(NC(=O)C(C)SC)c1. The molecule has 26 heavy (non-hydrogen) atoms. The number of nitrogens with one attached hydrogen (secondary N) is 2. The van der Waals surface area contributed by atoms with Crippen molar-refractivity contribution in [2.75, 3.05) is 30.6 Å².